The van der Waals surface area contributed by atoms with Crippen LogP contribution >= 0.6 is 31.9 Å². The average Bonchev–Trinajstić information content (AvgIpc) is 2.67. The van der Waals surface area contributed by atoms with E-state index < -0.39 is 0 Å². The van der Waals surface area contributed by atoms with E-state index in [4.69, 9.17) is 19.2 Å². The number of ether oxygens (including phenoxy) is 3. The third-order valence-corrected chi connectivity index (χ3v) is 5.03. The Balaban J connectivity index is 2.42. The van der Waals surface area contributed by atoms with Crippen molar-refractivity contribution in [2.75, 3.05) is 32.7 Å². The van der Waals surface area contributed by atoms with Gasteiger partial charge in [0.25, 0.3) is 5.88 Å². The van der Waals surface area contributed by atoms with Crippen molar-refractivity contribution in [3.63, 3.8) is 0 Å². The molecule has 2 aromatic rings. The Morgan fingerprint density at radius 1 is 1.04 bits per heavy atom. The summed E-state index contributed by atoms with van der Waals surface area (Å²) in [7, 11) is 3.42. The Hall–Kier alpha value is -1.54. The lowest BCUT2D eigenvalue weighted by Gasteiger charge is -2.16. The van der Waals surface area contributed by atoms with E-state index in [2.05, 4.69) is 49.1 Å². The van der Waals surface area contributed by atoms with Crippen LogP contribution in [0.25, 0.3) is 11.3 Å². The van der Waals surface area contributed by atoms with Crippen LogP contribution in [0.3, 0.4) is 0 Å². The molecule has 1 heterocycles. The van der Waals surface area contributed by atoms with Crippen LogP contribution in [0.1, 0.15) is 33.1 Å². The highest BCUT2D eigenvalue weighted by Gasteiger charge is 2.19. The second-order valence-corrected chi connectivity index (χ2v) is 7.34. The van der Waals surface area contributed by atoms with E-state index in [1.165, 1.54) is 0 Å². The maximum atomic E-state index is 5.81. The van der Waals surface area contributed by atoms with Crippen LogP contribution in [0, 0.1) is 0 Å². The summed E-state index contributed by atoms with van der Waals surface area (Å²) in [6.07, 6.45) is 3.25. The number of unbranched alkanes of at least 4 members (excludes halogenated alkanes) is 2. The number of halogens is 2. The number of rotatable bonds is 10. The molecular weight excluding hydrogens is 478 g/mol. The maximum absolute atomic E-state index is 5.81. The molecule has 27 heavy (non-hydrogen) atoms. The molecule has 0 radical (unpaired) electrons. The predicted molar refractivity (Wildman–Crippen MR) is 115 cm³/mol. The van der Waals surface area contributed by atoms with Crippen molar-refractivity contribution in [2.45, 2.75) is 33.1 Å². The first kappa shape index (κ1) is 21.8. The average molecular weight is 503 g/mol. The third-order valence-electron chi connectivity index (χ3n) is 3.85. The largest absolute Gasteiger partial charge is 0.496 e. The van der Waals surface area contributed by atoms with Crippen LogP contribution < -0.4 is 19.5 Å². The first-order valence-corrected chi connectivity index (χ1v) is 10.5. The van der Waals surface area contributed by atoms with E-state index in [1.54, 1.807) is 14.2 Å². The molecule has 0 aliphatic rings. The first-order chi connectivity index (χ1) is 13.0. The van der Waals surface area contributed by atoms with Gasteiger partial charge < -0.3 is 19.5 Å². The van der Waals surface area contributed by atoms with Crippen molar-refractivity contribution < 1.29 is 14.2 Å². The fraction of sp³-hybridized carbons (Fsp3) is 0.474. The van der Waals surface area contributed by atoms with Gasteiger partial charge in [-0.05, 0) is 51.3 Å². The Labute approximate surface area is 177 Å². The van der Waals surface area contributed by atoms with Gasteiger partial charge in [0.2, 0.25) is 0 Å². The second kappa shape index (κ2) is 10.7. The van der Waals surface area contributed by atoms with Crippen molar-refractivity contribution in [2.24, 2.45) is 0 Å². The van der Waals surface area contributed by atoms with Crippen LogP contribution in [0.2, 0.25) is 0 Å². The summed E-state index contributed by atoms with van der Waals surface area (Å²) in [6.45, 7) is 5.28. The maximum Gasteiger partial charge on any atom is 0.258 e. The highest BCUT2D eigenvalue weighted by molar-refractivity contribution is 9.10. The van der Waals surface area contributed by atoms with Crippen LogP contribution in [0.15, 0.2) is 21.2 Å². The monoisotopic (exact) mass is 501 g/mol. The van der Waals surface area contributed by atoms with Gasteiger partial charge in [-0.25, -0.2) is 9.97 Å². The number of hydrogen-bond acceptors (Lipinski definition) is 6. The van der Waals surface area contributed by atoms with Crippen molar-refractivity contribution in [3.8, 4) is 28.6 Å². The lowest BCUT2D eigenvalue weighted by atomic mass is 10.1. The Morgan fingerprint density at radius 2 is 1.81 bits per heavy atom. The van der Waals surface area contributed by atoms with E-state index >= 15 is 0 Å². The highest BCUT2D eigenvalue weighted by atomic mass is 79.9. The van der Waals surface area contributed by atoms with Gasteiger partial charge >= 0.3 is 0 Å². The predicted octanol–water partition coefficient (Wildman–Crippen LogP) is 5.69. The van der Waals surface area contributed by atoms with E-state index in [0.29, 0.717) is 46.7 Å². The summed E-state index contributed by atoms with van der Waals surface area (Å²) < 4.78 is 18.4. The summed E-state index contributed by atoms with van der Waals surface area (Å²) in [5.74, 6) is 2.42. The summed E-state index contributed by atoms with van der Waals surface area (Å²) in [6, 6.07) is 3.76. The topological polar surface area (TPSA) is 65.5 Å². The normalized spacial score (nSPS) is 10.6. The molecule has 8 heteroatoms. The van der Waals surface area contributed by atoms with Crippen molar-refractivity contribution in [3.05, 3.63) is 21.2 Å². The van der Waals surface area contributed by atoms with Crippen LogP contribution in [0.4, 0.5) is 5.82 Å². The molecule has 0 aliphatic carbocycles. The molecule has 0 bridgehead atoms. The van der Waals surface area contributed by atoms with Gasteiger partial charge in [-0.1, -0.05) is 19.8 Å². The Bertz CT molecular complexity index is 772. The molecule has 2 rings (SSSR count). The van der Waals surface area contributed by atoms with Gasteiger partial charge in [0, 0.05) is 18.7 Å². The van der Waals surface area contributed by atoms with Gasteiger partial charge in [-0.15, -0.1) is 0 Å². The Morgan fingerprint density at radius 3 is 2.44 bits per heavy atom. The lowest BCUT2D eigenvalue weighted by molar-refractivity contribution is 0.295. The molecule has 6 nitrogen and oxygen atoms in total. The van der Waals surface area contributed by atoms with Gasteiger partial charge in [0.05, 0.1) is 24.8 Å². The number of nitrogens with one attached hydrogen (secondary N) is 1. The summed E-state index contributed by atoms with van der Waals surface area (Å²) in [4.78, 5) is 9.25. The molecule has 0 amide bonds. The molecule has 0 saturated heterocycles. The number of methoxy groups -OCH3 is 1. The fourth-order valence-corrected chi connectivity index (χ4v) is 3.43. The fourth-order valence-electron chi connectivity index (χ4n) is 2.51. The molecule has 0 aliphatic heterocycles. The summed E-state index contributed by atoms with van der Waals surface area (Å²) >= 11 is 7.07. The van der Waals surface area contributed by atoms with Crippen molar-refractivity contribution in [1.82, 2.24) is 9.97 Å². The zero-order valence-corrected chi connectivity index (χ0v) is 19.2. The van der Waals surface area contributed by atoms with E-state index in [1.807, 2.05) is 19.1 Å². The molecule has 1 aromatic heterocycles. The SMILES string of the molecule is CCCCCOc1nc(Br)c(-c2cc(Br)c(OCC)cc2OC)nc1NC. The molecule has 0 fully saturated rings. The number of hydrogen-bond donors (Lipinski definition) is 1. The highest BCUT2D eigenvalue weighted by Crippen LogP contribution is 2.41. The van der Waals surface area contributed by atoms with Gasteiger partial charge in [-0.2, -0.15) is 0 Å². The minimum atomic E-state index is 0.480. The van der Waals surface area contributed by atoms with E-state index in [0.717, 1.165) is 29.3 Å². The molecule has 1 N–H and O–H groups in total. The third kappa shape index (κ3) is 5.48. The number of nitrogens with zero attached hydrogens (tertiary/aromatic N) is 2. The van der Waals surface area contributed by atoms with Crippen LogP contribution in [-0.2, 0) is 0 Å². The van der Waals surface area contributed by atoms with E-state index in [9.17, 15) is 0 Å². The quantitative estimate of drug-likeness (QED) is 0.421. The molecular formula is C19H25Br2N3O3. The van der Waals surface area contributed by atoms with E-state index in [-0.39, 0.29) is 0 Å². The molecule has 0 saturated carbocycles. The van der Waals surface area contributed by atoms with Crippen molar-refractivity contribution >= 4 is 37.7 Å². The standard InChI is InChI=1S/C19H25Br2N3O3/c1-5-7-8-9-27-19-18(22-3)23-16(17(21)24-19)12-10-13(20)15(26-6-2)11-14(12)25-4/h10-11H,5-9H2,1-4H3,(H,22,23). The van der Waals surface area contributed by atoms with Gasteiger partial charge in [-0.3, -0.25) is 0 Å². The number of anilines is 1. The zero-order valence-electron chi connectivity index (χ0n) is 16.1. The smallest absolute Gasteiger partial charge is 0.258 e. The molecule has 148 valence electrons. The Kier molecular flexibility index (Phi) is 8.63. The minimum Gasteiger partial charge on any atom is -0.496 e. The van der Waals surface area contributed by atoms with Crippen LogP contribution in [-0.4, -0.2) is 37.3 Å². The number of benzene rings is 1. The van der Waals surface area contributed by atoms with Crippen molar-refractivity contribution in [1.29, 1.82) is 0 Å². The van der Waals surface area contributed by atoms with Crippen LogP contribution in [0.5, 0.6) is 17.4 Å². The molecule has 0 spiro atoms. The zero-order chi connectivity index (χ0) is 19.8. The lowest BCUT2D eigenvalue weighted by Crippen LogP contribution is -2.06. The first-order valence-electron chi connectivity index (χ1n) is 8.94. The minimum absolute atomic E-state index is 0.480. The summed E-state index contributed by atoms with van der Waals surface area (Å²) in [5.41, 5.74) is 1.45. The summed E-state index contributed by atoms with van der Waals surface area (Å²) in [5, 5.41) is 3.06. The molecule has 0 unspecified atom stereocenters. The molecule has 1 aromatic carbocycles. The number of aromatic nitrogens is 2. The van der Waals surface area contributed by atoms with Gasteiger partial charge in [0.1, 0.15) is 21.8 Å². The second-order valence-electron chi connectivity index (χ2n) is 5.74. The molecule has 0 atom stereocenters. The van der Waals surface area contributed by atoms with Gasteiger partial charge in [0.15, 0.2) is 5.82 Å².